The van der Waals surface area contributed by atoms with Crippen LogP contribution in [0.15, 0.2) is 72.8 Å². The quantitative estimate of drug-likeness (QED) is 0.661. The Labute approximate surface area is 152 Å². The number of hydrogen-bond acceptors (Lipinski definition) is 2. The Morgan fingerprint density at radius 3 is 2.69 bits per heavy atom. The second-order valence-electron chi connectivity index (χ2n) is 7.22. The summed E-state index contributed by atoms with van der Waals surface area (Å²) in [5.74, 6) is 0.390. The summed E-state index contributed by atoms with van der Waals surface area (Å²) in [5, 5.41) is 6.14. The van der Waals surface area contributed by atoms with Crippen LogP contribution in [0.5, 0.6) is 0 Å². The lowest BCUT2D eigenvalue weighted by atomic mass is 9.76. The summed E-state index contributed by atoms with van der Waals surface area (Å²) in [4.78, 5) is 11.9. The van der Waals surface area contributed by atoms with Crippen molar-refractivity contribution in [3.05, 3.63) is 89.5 Å². The van der Waals surface area contributed by atoms with Gasteiger partial charge in [0, 0.05) is 5.92 Å². The van der Waals surface area contributed by atoms with Gasteiger partial charge in [0.05, 0.1) is 17.3 Å². The Morgan fingerprint density at radius 2 is 1.85 bits per heavy atom. The van der Waals surface area contributed by atoms with Gasteiger partial charge in [-0.15, -0.1) is 0 Å². The van der Waals surface area contributed by atoms with Crippen LogP contribution in [-0.4, -0.2) is 5.91 Å². The van der Waals surface area contributed by atoms with Crippen LogP contribution in [-0.2, 0) is 0 Å². The van der Waals surface area contributed by atoms with Crippen molar-refractivity contribution in [3.8, 4) is 0 Å². The smallest absolute Gasteiger partial charge is 0.250 e. The Hall–Kier alpha value is -3.07. The second-order valence-corrected chi connectivity index (χ2v) is 7.22. The van der Waals surface area contributed by atoms with Crippen molar-refractivity contribution in [1.82, 2.24) is 0 Å². The number of para-hydroxylation sites is 1. The van der Waals surface area contributed by atoms with Crippen LogP contribution >= 0.6 is 0 Å². The molecule has 0 aromatic heterocycles. The number of benzene rings is 3. The number of primary amides is 1. The second kappa shape index (κ2) is 5.73. The molecule has 3 heteroatoms. The molecule has 3 aromatic rings. The molecule has 1 aliphatic heterocycles. The van der Waals surface area contributed by atoms with Crippen molar-refractivity contribution in [1.29, 1.82) is 0 Å². The molecule has 2 aliphatic rings. The molecule has 1 heterocycles. The van der Waals surface area contributed by atoms with Gasteiger partial charge in [0.25, 0.3) is 5.91 Å². The molecule has 0 spiro atoms. The first-order valence-electron chi connectivity index (χ1n) is 9.07. The molecule has 128 valence electrons. The third-order valence-electron chi connectivity index (χ3n) is 5.79. The zero-order chi connectivity index (χ0) is 17.7. The van der Waals surface area contributed by atoms with Gasteiger partial charge in [0.15, 0.2) is 0 Å². The summed E-state index contributed by atoms with van der Waals surface area (Å²) in [6.45, 7) is 0. The zero-order valence-electron chi connectivity index (χ0n) is 14.4. The average molecular weight is 340 g/mol. The van der Waals surface area contributed by atoms with E-state index in [1.165, 1.54) is 21.9 Å². The van der Waals surface area contributed by atoms with Crippen molar-refractivity contribution in [2.24, 2.45) is 11.7 Å². The van der Waals surface area contributed by atoms with Crippen molar-refractivity contribution in [3.63, 3.8) is 0 Å². The molecule has 0 fully saturated rings. The molecule has 3 N–H and O–H groups in total. The molecule has 0 saturated carbocycles. The van der Waals surface area contributed by atoms with E-state index in [0.717, 1.165) is 12.1 Å². The topological polar surface area (TPSA) is 55.1 Å². The molecule has 3 atom stereocenters. The lowest BCUT2D eigenvalue weighted by Gasteiger charge is -2.38. The number of rotatable bonds is 2. The van der Waals surface area contributed by atoms with Gasteiger partial charge in [-0.2, -0.15) is 0 Å². The predicted octanol–water partition coefficient (Wildman–Crippen LogP) is 4.77. The van der Waals surface area contributed by atoms with Gasteiger partial charge in [-0.3, -0.25) is 4.79 Å². The highest BCUT2D eigenvalue weighted by atomic mass is 16.1. The number of carbonyl (C=O) groups is 1. The lowest BCUT2D eigenvalue weighted by molar-refractivity contribution is 0.100. The molecular formula is C23H20N2O. The molecule has 3 unspecified atom stereocenters. The number of allylic oxidation sites excluding steroid dienone is 2. The van der Waals surface area contributed by atoms with Crippen molar-refractivity contribution in [2.45, 2.75) is 18.4 Å². The molecule has 0 bridgehead atoms. The van der Waals surface area contributed by atoms with Gasteiger partial charge in [0.1, 0.15) is 0 Å². The molecule has 0 saturated heterocycles. The van der Waals surface area contributed by atoms with Crippen LogP contribution in [0, 0.1) is 5.92 Å². The van der Waals surface area contributed by atoms with E-state index in [4.69, 9.17) is 5.73 Å². The summed E-state index contributed by atoms with van der Waals surface area (Å²) in [6.07, 6.45) is 5.58. The van der Waals surface area contributed by atoms with E-state index in [-0.39, 0.29) is 11.9 Å². The number of amides is 1. The fraction of sp³-hybridized carbons (Fsp3) is 0.174. The highest BCUT2D eigenvalue weighted by Gasteiger charge is 2.39. The van der Waals surface area contributed by atoms with Crippen LogP contribution in [0.4, 0.5) is 5.69 Å². The maximum absolute atomic E-state index is 11.9. The Morgan fingerprint density at radius 1 is 1.00 bits per heavy atom. The SMILES string of the molecule is NC(=O)c1cccc2c1NC(c1ccc3ccccc3c1)C1CC=CC21. The van der Waals surface area contributed by atoms with E-state index in [1.807, 2.05) is 12.1 Å². The summed E-state index contributed by atoms with van der Waals surface area (Å²) >= 11 is 0. The van der Waals surface area contributed by atoms with Gasteiger partial charge in [-0.05, 0) is 46.4 Å². The Balaban J connectivity index is 1.65. The normalized spacial score (nSPS) is 23.3. The van der Waals surface area contributed by atoms with E-state index in [9.17, 15) is 4.79 Å². The number of hydrogen-bond donors (Lipinski definition) is 2. The molecular weight excluding hydrogens is 320 g/mol. The van der Waals surface area contributed by atoms with Gasteiger partial charge in [0.2, 0.25) is 0 Å². The van der Waals surface area contributed by atoms with E-state index in [0.29, 0.717) is 17.4 Å². The van der Waals surface area contributed by atoms with Crippen molar-refractivity contribution < 1.29 is 4.79 Å². The number of nitrogens with two attached hydrogens (primary N) is 1. The summed E-state index contributed by atoms with van der Waals surface area (Å²) in [7, 11) is 0. The van der Waals surface area contributed by atoms with Crippen molar-refractivity contribution in [2.75, 3.05) is 5.32 Å². The molecule has 26 heavy (non-hydrogen) atoms. The first-order chi connectivity index (χ1) is 12.7. The minimum Gasteiger partial charge on any atom is -0.377 e. The molecule has 5 rings (SSSR count). The average Bonchev–Trinajstić information content (AvgIpc) is 3.16. The van der Waals surface area contributed by atoms with Crippen LogP contribution in [0.25, 0.3) is 10.8 Å². The van der Waals surface area contributed by atoms with E-state index >= 15 is 0 Å². The van der Waals surface area contributed by atoms with Gasteiger partial charge < -0.3 is 11.1 Å². The number of fused-ring (bicyclic) bond motifs is 4. The van der Waals surface area contributed by atoms with E-state index in [1.54, 1.807) is 0 Å². The minimum absolute atomic E-state index is 0.160. The number of carbonyl (C=O) groups excluding carboxylic acids is 1. The summed E-state index contributed by atoms with van der Waals surface area (Å²) in [5.41, 5.74) is 9.54. The first-order valence-corrected chi connectivity index (χ1v) is 9.07. The van der Waals surface area contributed by atoms with Crippen LogP contribution in [0.1, 0.15) is 39.9 Å². The van der Waals surface area contributed by atoms with Crippen LogP contribution in [0.3, 0.4) is 0 Å². The van der Waals surface area contributed by atoms with Crippen LogP contribution < -0.4 is 11.1 Å². The zero-order valence-corrected chi connectivity index (χ0v) is 14.4. The van der Waals surface area contributed by atoms with Gasteiger partial charge in [-0.25, -0.2) is 0 Å². The van der Waals surface area contributed by atoms with Crippen molar-refractivity contribution >= 4 is 22.4 Å². The van der Waals surface area contributed by atoms with Gasteiger partial charge >= 0.3 is 0 Å². The molecule has 3 nitrogen and oxygen atoms in total. The minimum atomic E-state index is -0.382. The van der Waals surface area contributed by atoms with E-state index < -0.39 is 0 Å². The van der Waals surface area contributed by atoms with Gasteiger partial charge in [-0.1, -0.05) is 60.7 Å². The monoisotopic (exact) mass is 340 g/mol. The lowest BCUT2D eigenvalue weighted by Crippen LogP contribution is -2.31. The molecule has 1 amide bonds. The first kappa shape index (κ1) is 15.2. The highest BCUT2D eigenvalue weighted by Crippen LogP contribution is 2.50. The fourth-order valence-electron chi connectivity index (χ4n) is 4.56. The predicted molar refractivity (Wildman–Crippen MR) is 105 cm³/mol. The maximum Gasteiger partial charge on any atom is 0.250 e. The number of nitrogens with one attached hydrogen (secondary N) is 1. The molecule has 0 radical (unpaired) electrons. The Kier molecular flexibility index (Phi) is 3.35. The molecule has 1 aliphatic carbocycles. The summed E-state index contributed by atoms with van der Waals surface area (Å²) < 4.78 is 0. The Bertz CT molecular complexity index is 1050. The number of anilines is 1. The van der Waals surface area contributed by atoms with E-state index in [2.05, 4.69) is 66.0 Å². The third-order valence-corrected chi connectivity index (χ3v) is 5.79. The third kappa shape index (κ3) is 2.24. The maximum atomic E-state index is 11.9. The summed E-state index contributed by atoms with van der Waals surface area (Å²) in [6, 6.07) is 21.1. The molecule has 3 aromatic carbocycles. The fourth-order valence-corrected chi connectivity index (χ4v) is 4.56. The van der Waals surface area contributed by atoms with Crippen LogP contribution in [0.2, 0.25) is 0 Å². The largest absolute Gasteiger partial charge is 0.377 e. The standard InChI is InChI=1S/C23H20N2O/c24-23(26)20-10-4-9-19-17-7-3-8-18(17)21(25-22(19)20)16-12-11-14-5-1-2-6-15(14)13-16/h1-7,9-13,17-18,21,25H,8H2,(H2,24,26). The highest BCUT2D eigenvalue weighted by molar-refractivity contribution is 5.99.